The molecule has 0 spiro atoms. The molecule has 0 saturated carbocycles. The minimum absolute atomic E-state index is 0.0686. The van der Waals surface area contributed by atoms with Crippen molar-refractivity contribution in [2.24, 2.45) is 11.8 Å². The molecule has 5 nitrogen and oxygen atoms in total. The van der Waals surface area contributed by atoms with E-state index in [9.17, 15) is 4.79 Å². The number of nitrogens with one attached hydrogen (secondary N) is 1. The molecule has 5 heteroatoms. The van der Waals surface area contributed by atoms with Crippen molar-refractivity contribution >= 4 is 5.91 Å². The Kier molecular flexibility index (Phi) is 5.29. The van der Waals surface area contributed by atoms with Crippen LogP contribution < -0.4 is 14.8 Å². The zero-order valence-electron chi connectivity index (χ0n) is 14.9. The van der Waals surface area contributed by atoms with E-state index in [0.29, 0.717) is 17.1 Å². The summed E-state index contributed by atoms with van der Waals surface area (Å²) in [6, 6.07) is 5.48. The lowest BCUT2D eigenvalue weighted by Crippen LogP contribution is -2.32. The van der Waals surface area contributed by atoms with Crippen molar-refractivity contribution in [1.82, 2.24) is 10.2 Å². The molecule has 2 fully saturated rings. The van der Waals surface area contributed by atoms with Crippen molar-refractivity contribution in [2.75, 3.05) is 33.3 Å². The molecular weight excluding hydrogens is 304 g/mol. The lowest BCUT2D eigenvalue weighted by molar-refractivity contribution is 0.0758. The summed E-state index contributed by atoms with van der Waals surface area (Å²) in [5.41, 5.74) is 0.674. The van der Waals surface area contributed by atoms with Crippen molar-refractivity contribution in [2.45, 2.75) is 32.8 Å². The largest absolute Gasteiger partial charge is 0.493 e. The summed E-state index contributed by atoms with van der Waals surface area (Å²) in [6.45, 7) is 7.83. The van der Waals surface area contributed by atoms with E-state index in [4.69, 9.17) is 9.47 Å². The number of rotatable bonds is 4. The lowest BCUT2D eigenvalue weighted by Gasteiger charge is -2.22. The predicted molar refractivity (Wildman–Crippen MR) is 93.7 cm³/mol. The predicted octanol–water partition coefficient (Wildman–Crippen LogP) is 2.55. The van der Waals surface area contributed by atoms with Crippen LogP contribution in [0.1, 0.15) is 37.0 Å². The first kappa shape index (κ1) is 17.1. The van der Waals surface area contributed by atoms with Crippen molar-refractivity contribution in [1.29, 1.82) is 0 Å². The van der Waals surface area contributed by atoms with E-state index in [1.807, 2.05) is 30.9 Å². The Bertz CT molecular complexity index is 574. The first-order chi connectivity index (χ1) is 11.6. The van der Waals surface area contributed by atoms with Gasteiger partial charge in [0.2, 0.25) is 0 Å². The average Bonchev–Trinajstić information content (AvgIpc) is 2.92. The minimum atomic E-state index is 0.0686. The van der Waals surface area contributed by atoms with Gasteiger partial charge in [0, 0.05) is 18.7 Å². The summed E-state index contributed by atoms with van der Waals surface area (Å²) in [6.07, 6.45) is 2.25. The molecule has 1 N–H and O–H groups in total. The molecular formula is C19H28N2O3. The molecule has 0 aromatic heterocycles. The van der Waals surface area contributed by atoms with Crippen LogP contribution in [-0.2, 0) is 0 Å². The average molecular weight is 332 g/mol. The molecule has 2 saturated heterocycles. The second-order valence-corrected chi connectivity index (χ2v) is 7.08. The van der Waals surface area contributed by atoms with E-state index < -0.39 is 0 Å². The van der Waals surface area contributed by atoms with Gasteiger partial charge in [-0.3, -0.25) is 4.79 Å². The van der Waals surface area contributed by atoms with Gasteiger partial charge in [-0.25, -0.2) is 0 Å². The van der Waals surface area contributed by atoms with E-state index in [1.165, 1.54) is 0 Å². The number of likely N-dealkylation sites (tertiary alicyclic amines) is 1. The number of nitrogens with zero attached hydrogens (tertiary/aromatic N) is 1. The molecule has 3 rings (SSSR count). The molecule has 24 heavy (non-hydrogen) atoms. The zero-order chi connectivity index (χ0) is 17.1. The second-order valence-electron chi connectivity index (χ2n) is 7.08. The normalized spacial score (nSPS) is 23.8. The monoisotopic (exact) mass is 332 g/mol. The van der Waals surface area contributed by atoms with Gasteiger partial charge < -0.3 is 19.7 Å². The van der Waals surface area contributed by atoms with Crippen LogP contribution in [0.2, 0.25) is 0 Å². The number of methoxy groups -OCH3 is 1. The summed E-state index contributed by atoms with van der Waals surface area (Å²) in [4.78, 5) is 14.9. The number of hydrogen-bond donors (Lipinski definition) is 1. The van der Waals surface area contributed by atoms with Crippen LogP contribution >= 0.6 is 0 Å². The molecule has 2 aliphatic rings. The minimum Gasteiger partial charge on any atom is -0.493 e. The van der Waals surface area contributed by atoms with Crippen molar-refractivity contribution in [3.63, 3.8) is 0 Å². The van der Waals surface area contributed by atoms with E-state index in [-0.39, 0.29) is 12.0 Å². The maximum Gasteiger partial charge on any atom is 0.253 e. The van der Waals surface area contributed by atoms with Gasteiger partial charge in [0.1, 0.15) is 0 Å². The zero-order valence-corrected chi connectivity index (χ0v) is 14.9. The van der Waals surface area contributed by atoms with Gasteiger partial charge in [-0.2, -0.15) is 0 Å². The smallest absolute Gasteiger partial charge is 0.253 e. The van der Waals surface area contributed by atoms with E-state index in [1.54, 1.807) is 13.2 Å². The van der Waals surface area contributed by atoms with E-state index >= 15 is 0 Å². The molecule has 132 valence electrons. The molecule has 1 aromatic rings. The molecule has 0 radical (unpaired) electrons. The third-order valence-corrected chi connectivity index (χ3v) is 5.08. The highest BCUT2D eigenvalue weighted by atomic mass is 16.5. The molecule has 0 aliphatic carbocycles. The van der Waals surface area contributed by atoms with Crippen LogP contribution in [0.5, 0.6) is 11.5 Å². The highest BCUT2D eigenvalue weighted by molar-refractivity contribution is 5.95. The molecule has 2 aliphatic heterocycles. The third kappa shape index (κ3) is 3.66. The fourth-order valence-electron chi connectivity index (χ4n) is 3.76. The van der Waals surface area contributed by atoms with Gasteiger partial charge in [0.25, 0.3) is 5.91 Å². The topological polar surface area (TPSA) is 50.8 Å². The second kappa shape index (κ2) is 7.43. The highest BCUT2D eigenvalue weighted by Crippen LogP contribution is 2.31. The molecule has 1 amide bonds. The maximum atomic E-state index is 12.9. The number of carbonyl (C=O) groups is 1. The first-order valence-corrected chi connectivity index (χ1v) is 8.93. The van der Waals surface area contributed by atoms with Gasteiger partial charge in [-0.05, 0) is 69.8 Å². The summed E-state index contributed by atoms with van der Waals surface area (Å²) in [5.74, 6) is 2.83. The standard InChI is InChI=1S/C19H28N2O3/c1-13(2)24-17-5-4-14(10-18(17)23-3)19(22)21-8-6-15-11-20-12-16(15)7-9-21/h4-5,10,13,15-16,20H,6-9,11-12H2,1-3H3/t15-,16+. The number of fused-ring (bicyclic) bond motifs is 1. The summed E-state index contributed by atoms with van der Waals surface area (Å²) in [7, 11) is 1.61. The first-order valence-electron chi connectivity index (χ1n) is 8.93. The van der Waals surface area contributed by atoms with Gasteiger partial charge in [0.05, 0.1) is 13.2 Å². The Labute approximate surface area is 144 Å². The quantitative estimate of drug-likeness (QED) is 0.921. The van der Waals surface area contributed by atoms with E-state index in [0.717, 1.165) is 50.9 Å². The Morgan fingerprint density at radius 2 is 1.83 bits per heavy atom. The fourth-order valence-corrected chi connectivity index (χ4v) is 3.76. The van der Waals surface area contributed by atoms with Crippen LogP contribution in [0.4, 0.5) is 0 Å². The van der Waals surface area contributed by atoms with Gasteiger partial charge in [-0.15, -0.1) is 0 Å². The van der Waals surface area contributed by atoms with Gasteiger partial charge in [0.15, 0.2) is 11.5 Å². The highest BCUT2D eigenvalue weighted by Gasteiger charge is 2.31. The third-order valence-electron chi connectivity index (χ3n) is 5.08. The number of hydrogen-bond acceptors (Lipinski definition) is 4. The Balaban J connectivity index is 1.72. The van der Waals surface area contributed by atoms with Crippen LogP contribution in [0, 0.1) is 11.8 Å². The Morgan fingerprint density at radius 1 is 1.17 bits per heavy atom. The number of carbonyl (C=O) groups excluding carboxylic acids is 1. The Morgan fingerprint density at radius 3 is 2.42 bits per heavy atom. The molecule has 2 heterocycles. The molecule has 0 unspecified atom stereocenters. The van der Waals surface area contributed by atoms with Crippen LogP contribution in [-0.4, -0.2) is 50.2 Å². The van der Waals surface area contributed by atoms with Crippen LogP contribution in [0.25, 0.3) is 0 Å². The molecule has 2 atom stereocenters. The van der Waals surface area contributed by atoms with Crippen LogP contribution in [0.15, 0.2) is 18.2 Å². The Hall–Kier alpha value is -1.75. The molecule has 1 aromatic carbocycles. The van der Waals surface area contributed by atoms with Gasteiger partial charge in [-0.1, -0.05) is 0 Å². The van der Waals surface area contributed by atoms with Crippen molar-refractivity contribution in [3.8, 4) is 11.5 Å². The number of amides is 1. The SMILES string of the molecule is COc1cc(C(=O)N2CC[C@@H]3CNC[C@@H]3CC2)ccc1OC(C)C. The number of ether oxygens (including phenoxy) is 2. The summed E-state index contributed by atoms with van der Waals surface area (Å²) < 4.78 is 11.1. The molecule has 0 bridgehead atoms. The van der Waals surface area contributed by atoms with Gasteiger partial charge >= 0.3 is 0 Å². The summed E-state index contributed by atoms with van der Waals surface area (Å²) >= 11 is 0. The van der Waals surface area contributed by atoms with E-state index in [2.05, 4.69) is 5.32 Å². The fraction of sp³-hybridized carbons (Fsp3) is 0.632. The van der Waals surface area contributed by atoms with Crippen LogP contribution in [0.3, 0.4) is 0 Å². The maximum absolute atomic E-state index is 12.9. The van der Waals surface area contributed by atoms with Crippen molar-refractivity contribution < 1.29 is 14.3 Å². The number of benzene rings is 1. The summed E-state index contributed by atoms with van der Waals surface area (Å²) in [5, 5.41) is 3.47. The van der Waals surface area contributed by atoms with Crippen molar-refractivity contribution in [3.05, 3.63) is 23.8 Å². The lowest BCUT2D eigenvalue weighted by atomic mass is 9.92.